The second kappa shape index (κ2) is 5.92. The van der Waals surface area contributed by atoms with Gasteiger partial charge in [-0.05, 0) is 37.4 Å². The van der Waals surface area contributed by atoms with Gasteiger partial charge in [-0.2, -0.15) is 0 Å². The average molecular weight is 276 g/mol. The zero-order chi connectivity index (χ0) is 12.1. The summed E-state index contributed by atoms with van der Waals surface area (Å²) in [7, 11) is -3.48. The third-order valence-electron chi connectivity index (χ3n) is 2.64. The van der Waals surface area contributed by atoms with Crippen molar-refractivity contribution in [2.45, 2.75) is 17.1 Å². The van der Waals surface area contributed by atoms with Crippen molar-refractivity contribution in [2.75, 3.05) is 26.2 Å². The zero-order valence-corrected chi connectivity index (χ0v) is 11.1. The zero-order valence-electron chi connectivity index (χ0n) is 9.46. The third kappa shape index (κ3) is 3.75. The minimum Gasteiger partial charge on any atom is -0.301 e. The molecule has 0 amide bonds. The van der Waals surface area contributed by atoms with Crippen molar-refractivity contribution >= 4 is 21.4 Å². The molecular formula is C10H16N2O3S2. The summed E-state index contributed by atoms with van der Waals surface area (Å²) in [6.07, 6.45) is 2.45. The summed E-state index contributed by atoms with van der Waals surface area (Å²) in [5, 5.41) is 1.72. The number of thiophene rings is 1. The molecule has 17 heavy (non-hydrogen) atoms. The predicted octanol–water partition coefficient (Wildman–Crippen LogP) is 1.05. The summed E-state index contributed by atoms with van der Waals surface area (Å²) < 4.78 is 23.6. The summed E-state index contributed by atoms with van der Waals surface area (Å²) >= 11 is 1.17. The average Bonchev–Trinajstić information content (AvgIpc) is 2.97. The van der Waals surface area contributed by atoms with Crippen LogP contribution >= 0.6 is 11.3 Å². The normalized spacial score (nSPS) is 17.6. The first kappa shape index (κ1) is 13.0. The molecule has 1 aromatic rings. The highest BCUT2D eigenvalue weighted by atomic mass is 32.2. The number of nitrogens with one attached hydrogen (secondary N) is 1. The van der Waals surface area contributed by atoms with Crippen molar-refractivity contribution in [2.24, 2.45) is 0 Å². The van der Waals surface area contributed by atoms with Crippen LogP contribution in [0.2, 0.25) is 0 Å². The van der Waals surface area contributed by atoms with Gasteiger partial charge >= 0.3 is 0 Å². The first-order valence-electron chi connectivity index (χ1n) is 5.58. The lowest BCUT2D eigenvalue weighted by Gasteiger charge is -2.14. The summed E-state index contributed by atoms with van der Waals surface area (Å²) in [4.78, 5) is 9.42. The maximum atomic E-state index is 11.7. The Hall–Kier alpha value is -0.470. The van der Waals surface area contributed by atoms with Crippen LogP contribution in [0.5, 0.6) is 0 Å². The van der Waals surface area contributed by atoms with E-state index >= 15 is 0 Å². The topological polar surface area (TPSA) is 58.6 Å². The molecule has 0 atom stereocenters. The van der Waals surface area contributed by atoms with Crippen LogP contribution in [0.3, 0.4) is 0 Å². The van der Waals surface area contributed by atoms with E-state index in [9.17, 15) is 8.42 Å². The first-order chi connectivity index (χ1) is 8.18. The monoisotopic (exact) mass is 276 g/mol. The molecule has 1 N–H and O–H groups in total. The molecular weight excluding hydrogens is 260 g/mol. The molecule has 7 heteroatoms. The van der Waals surface area contributed by atoms with Crippen LogP contribution in [0.1, 0.15) is 12.8 Å². The van der Waals surface area contributed by atoms with E-state index in [0.717, 1.165) is 19.6 Å². The molecule has 0 aromatic carbocycles. The van der Waals surface area contributed by atoms with Crippen LogP contribution in [-0.4, -0.2) is 39.6 Å². The Morgan fingerprint density at radius 2 is 2.18 bits per heavy atom. The van der Waals surface area contributed by atoms with E-state index in [-0.39, 0.29) is 4.21 Å². The molecule has 96 valence electrons. The van der Waals surface area contributed by atoms with Gasteiger partial charge in [0, 0.05) is 6.54 Å². The van der Waals surface area contributed by atoms with E-state index in [1.165, 1.54) is 24.2 Å². The van der Waals surface area contributed by atoms with Crippen LogP contribution in [0.25, 0.3) is 0 Å². The second-order valence-corrected chi connectivity index (χ2v) is 6.74. The van der Waals surface area contributed by atoms with E-state index in [1.807, 2.05) is 0 Å². The lowest BCUT2D eigenvalue weighted by atomic mass is 10.4. The molecule has 1 saturated heterocycles. The second-order valence-electron chi connectivity index (χ2n) is 3.92. The molecule has 0 bridgehead atoms. The third-order valence-corrected chi connectivity index (χ3v) is 5.25. The van der Waals surface area contributed by atoms with Crippen molar-refractivity contribution in [1.82, 2.24) is 9.79 Å². The summed E-state index contributed by atoms with van der Waals surface area (Å²) in [5.41, 5.74) is 0. The Morgan fingerprint density at radius 1 is 1.41 bits per heavy atom. The highest BCUT2D eigenvalue weighted by Gasteiger charge is 2.15. The molecule has 2 heterocycles. The Morgan fingerprint density at radius 3 is 2.82 bits per heavy atom. The van der Waals surface area contributed by atoms with Crippen molar-refractivity contribution in [3.8, 4) is 0 Å². The van der Waals surface area contributed by atoms with Crippen molar-refractivity contribution in [1.29, 1.82) is 0 Å². The minimum atomic E-state index is -3.48. The van der Waals surface area contributed by atoms with Crippen molar-refractivity contribution in [3.05, 3.63) is 17.5 Å². The lowest BCUT2D eigenvalue weighted by molar-refractivity contribution is 0.0757. The molecule has 1 aromatic heterocycles. The smallest absolute Gasteiger partial charge is 0.271 e. The van der Waals surface area contributed by atoms with E-state index in [4.69, 9.17) is 4.84 Å². The largest absolute Gasteiger partial charge is 0.301 e. The van der Waals surface area contributed by atoms with Crippen LogP contribution in [0.15, 0.2) is 21.7 Å². The Kier molecular flexibility index (Phi) is 4.52. The number of hydrogen-bond acceptors (Lipinski definition) is 5. The van der Waals surface area contributed by atoms with Crippen LogP contribution < -0.4 is 4.89 Å². The highest BCUT2D eigenvalue weighted by Crippen LogP contribution is 2.15. The number of hydrogen-bond donors (Lipinski definition) is 1. The number of nitrogens with zero attached hydrogens (tertiary/aromatic N) is 1. The van der Waals surface area contributed by atoms with E-state index < -0.39 is 10.0 Å². The fourth-order valence-corrected chi connectivity index (χ4v) is 3.56. The fourth-order valence-electron chi connectivity index (χ4n) is 1.76. The molecule has 2 rings (SSSR count). The highest BCUT2D eigenvalue weighted by molar-refractivity contribution is 7.91. The van der Waals surface area contributed by atoms with Crippen LogP contribution in [0.4, 0.5) is 0 Å². The van der Waals surface area contributed by atoms with Crippen molar-refractivity contribution < 1.29 is 13.3 Å². The number of rotatable bonds is 6. The molecule has 0 radical (unpaired) electrons. The Balaban J connectivity index is 1.71. The molecule has 5 nitrogen and oxygen atoms in total. The Bertz CT molecular complexity index is 424. The van der Waals surface area contributed by atoms with Crippen molar-refractivity contribution in [3.63, 3.8) is 0 Å². The van der Waals surface area contributed by atoms with Crippen LogP contribution in [0, 0.1) is 0 Å². The molecule has 0 aliphatic carbocycles. The maximum Gasteiger partial charge on any atom is 0.271 e. The van der Waals surface area contributed by atoms with Gasteiger partial charge in [0.1, 0.15) is 4.21 Å². The summed E-state index contributed by atoms with van der Waals surface area (Å²) in [5.74, 6) is 0. The molecule has 1 aliphatic heterocycles. The van der Waals surface area contributed by atoms with Gasteiger partial charge in [0.2, 0.25) is 0 Å². The first-order valence-corrected chi connectivity index (χ1v) is 7.94. The number of sulfonamides is 1. The summed E-state index contributed by atoms with van der Waals surface area (Å²) in [6.45, 7) is 3.32. The summed E-state index contributed by atoms with van der Waals surface area (Å²) in [6, 6.07) is 3.25. The molecule has 1 aliphatic rings. The van der Waals surface area contributed by atoms with Gasteiger partial charge in [-0.3, -0.25) is 4.84 Å². The predicted molar refractivity (Wildman–Crippen MR) is 66.3 cm³/mol. The van der Waals surface area contributed by atoms with E-state index in [2.05, 4.69) is 9.79 Å². The lowest BCUT2D eigenvalue weighted by Crippen LogP contribution is -2.29. The van der Waals surface area contributed by atoms with Gasteiger partial charge in [-0.15, -0.1) is 11.3 Å². The van der Waals surface area contributed by atoms with Gasteiger partial charge in [0.15, 0.2) is 0 Å². The quantitative estimate of drug-likeness (QED) is 0.623. The van der Waals surface area contributed by atoms with Gasteiger partial charge in [-0.25, -0.2) is 8.42 Å². The Labute approximate surface area is 105 Å². The van der Waals surface area contributed by atoms with Crippen LogP contribution in [-0.2, 0) is 14.9 Å². The van der Waals surface area contributed by atoms with E-state index in [1.54, 1.807) is 17.5 Å². The SMILES string of the molecule is O=S(=O)(NOCCN1CCCC1)c1cccs1. The standard InChI is InChI=1S/C10H16N2O3S2/c13-17(14,10-4-3-9-16-10)11-15-8-7-12-5-1-2-6-12/h3-4,9,11H,1-2,5-8H2. The van der Waals surface area contributed by atoms with Gasteiger partial charge in [0.25, 0.3) is 10.0 Å². The number of likely N-dealkylation sites (tertiary alicyclic amines) is 1. The molecule has 0 saturated carbocycles. The molecule has 0 unspecified atom stereocenters. The minimum absolute atomic E-state index is 0.277. The van der Waals surface area contributed by atoms with E-state index in [0.29, 0.717) is 6.61 Å². The maximum absolute atomic E-state index is 11.7. The van der Waals surface area contributed by atoms with Gasteiger partial charge in [0.05, 0.1) is 6.61 Å². The fraction of sp³-hybridized carbons (Fsp3) is 0.600. The van der Waals surface area contributed by atoms with Gasteiger partial charge in [-0.1, -0.05) is 11.0 Å². The molecule has 1 fully saturated rings. The van der Waals surface area contributed by atoms with Gasteiger partial charge < -0.3 is 4.90 Å². The molecule has 0 spiro atoms.